The first kappa shape index (κ1) is 17.2. The van der Waals surface area contributed by atoms with E-state index in [0.717, 1.165) is 37.6 Å². The fourth-order valence-electron chi connectivity index (χ4n) is 4.58. The number of nitrogens with zero attached hydrogens (tertiary/aromatic N) is 3. The largest absolute Gasteiger partial charge is 0.340 e. The van der Waals surface area contributed by atoms with E-state index in [1.165, 1.54) is 22.3 Å². The van der Waals surface area contributed by atoms with E-state index in [0.29, 0.717) is 12.5 Å². The van der Waals surface area contributed by atoms with Crippen molar-refractivity contribution in [3.8, 4) is 11.1 Å². The molecule has 3 aromatic rings. The van der Waals surface area contributed by atoms with Crippen molar-refractivity contribution in [1.29, 1.82) is 0 Å². The molecule has 0 spiro atoms. The molecular formula is C23H24N4O. The average Bonchev–Trinajstić information content (AvgIpc) is 3.29. The summed E-state index contributed by atoms with van der Waals surface area (Å²) in [5, 5.41) is 7.11. The maximum atomic E-state index is 12.7. The number of nitrogens with one attached hydrogen (secondary N) is 1. The predicted octanol–water partition coefficient (Wildman–Crippen LogP) is 3.17. The standard InChI is InChI=1S/C23H24N4O/c1-16-14-17(25-24-16)15-22(28)26-10-12-27(13-11-26)23-20-8-4-2-6-18(20)19-7-3-5-9-21(19)23/h2-9,14,23H,10-13,15H2,1H3,(H,24,25). The number of carbonyl (C=O) groups excluding carboxylic acids is 1. The van der Waals surface area contributed by atoms with E-state index >= 15 is 0 Å². The van der Waals surface area contributed by atoms with Gasteiger partial charge in [0.1, 0.15) is 0 Å². The highest BCUT2D eigenvalue weighted by atomic mass is 16.2. The van der Waals surface area contributed by atoms with Gasteiger partial charge in [-0.05, 0) is 35.2 Å². The van der Waals surface area contributed by atoms with Gasteiger partial charge < -0.3 is 4.90 Å². The van der Waals surface area contributed by atoms with Crippen LogP contribution in [0.5, 0.6) is 0 Å². The summed E-state index contributed by atoms with van der Waals surface area (Å²) in [4.78, 5) is 17.2. The normalized spacial score (nSPS) is 16.8. The minimum Gasteiger partial charge on any atom is -0.340 e. The molecular weight excluding hydrogens is 348 g/mol. The van der Waals surface area contributed by atoms with E-state index in [9.17, 15) is 4.79 Å². The summed E-state index contributed by atoms with van der Waals surface area (Å²) in [6.07, 6.45) is 0.374. The molecule has 1 aliphatic carbocycles. The molecule has 0 radical (unpaired) electrons. The molecule has 0 bridgehead atoms. The van der Waals surface area contributed by atoms with Crippen LogP contribution < -0.4 is 0 Å². The first-order chi connectivity index (χ1) is 13.7. The lowest BCUT2D eigenvalue weighted by molar-refractivity contribution is -0.132. The summed E-state index contributed by atoms with van der Waals surface area (Å²) in [6, 6.07) is 19.7. The number of hydrogen-bond acceptors (Lipinski definition) is 3. The van der Waals surface area contributed by atoms with E-state index in [4.69, 9.17) is 0 Å². The van der Waals surface area contributed by atoms with Crippen LogP contribution in [0.2, 0.25) is 0 Å². The molecule has 2 aliphatic rings. The van der Waals surface area contributed by atoms with Crippen molar-refractivity contribution in [2.45, 2.75) is 19.4 Å². The number of aryl methyl sites for hydroxylation is 1. The zero-order valence-corrected chi connectivity index (χ0v) is 16.1. The van der Waals surface area contributed by atoms with Crippen LogP contribution in [0.4, 0.5) is 0 Å². The van der Waals surface area contributed by atoms with Crippen LogP contribution >= 0.6 is 0 Å². The lowest BCUT2D eigenvalue weighted by atomic mass is 10.0. The van der Waals surface area contributed by atoms with Crippen LogP contribution in [0.25, 0.3) is 11.1 Å². The molecule has 0 saturated carbocycles. The minimum atomic E-state index is 0.165. The molecule has 1 aromatic heterocycles. The fraction of sp³-hybridized carbons (Fsp3) is 0.304. The number of hydrogen-bond donors (Lipinski definition) is 1. The Labute approximate surface area is 165 Å². The lowest BCUT2D eigenvalue weighted by Crippen LogP contribution is -2.50. The van der Waals surface area contributed by atoms with Crippen molar-refractivity contribution in [1.82, 2.24) is 20.0 Å². The van der Waals surface area contributed by atoms with Gasteiger partial charge in [0.2, 0.25) is 5.91 Å². The molecule has 5 heteroatoms. The van der Waals surface area contributed by atoms with Crippen molar-refractivity contribution in [3.63, 3.8) is 0 Å². The second-order valence-corrected chi connectivity index (χ2v) is 7.71. The highest BCUT2D eigenvalue weighted by Gasteiger charge is 2.34. The van der Waals surface area contributed by atoms with Gasteiger partial charge in [-0.3, -0.25) is 14.8 Å². The van der Waals surface area contributed by atoms with E-state index in [1.807, 2.05) is 17.9 Å². The number of H-pyrrole nitrogens is 1. The molecule has 2 heterocycles. The van der Waals surface area contributed by atoms with Crippen LogP contribution in [-0.4, -0.2) is 52.1 Å². The van der Waals surface area contributed by atoms with Gasteiger partial charge in [-0.1, -0.05) is 48.5 Å². The van der Waals surface area contributed by atoms with Crippen LogP contribution in [-0.2, 0) is 11.2 Å². The second-order valence-electron chi connectivity index (χ2n) is 7.71. The topological polar surface area (TPSA) is 52.2 Å². The summed E-state index contributed by atoms with van der Waals surface area (Å²) in [6.45, 7) is 5.26. The maximum absolute atomic E-state index is 12.7. The number of amides is 1. The molecule has 5 rings (SSSR count). The second kappa shape index (κ2) is 6.91. The zero-order valence-electron chi connectivity index (χ0n) is 16.1. The number of carbonyl (C=O) groups is 1. The van der Waals surface area contributed by atoms with Gasteiger partial charge in [0.15, 0.2) is 0 Å². The summed E-state index contributed by atoms with van der Waals surface area (Å²) in [7, 11) is 0. The highest BCUT2D eigenvalue weighted by molar-refractivity contribution is 5.79. The first-order valence-electron chi connectivity index (χ1n) is 9.91. The van der Waals surface area contributed by atoms with E-state index in [-0.39, 0.29) is 5.91 Å². The third-order valence-corrected chi connectivity index (χ3v) is 5.92. The first-order valence-corrected chi connectivity index (χ1v) is 9.91. The summed E-state index contributed by atoms with van der Waals surface area (Å²) in [5.74, 6) is 0.165. The molecule has 5 nitrogen and oxygen atoms in total. The minimum absolute atomic E-state index is 0.165. The summed E-state index contributed by atoms with van der Waals surface area (Å²) >= 11 is 0. The molecule has 1 N–H and O–H groups in total. The third-order valence-electron chi connectivity index (χ3n) is 5.92. The molecule has 28 heavy (non-hydrogen) atoms. The van der Waals surface area contributed by atoms with Gasteiger partial charge in [0.05, 0.1) is 18.2 Å². The average molecular weight is 372 g/mol. The zero-order chi connectivity index (χ0) is 19.1. The monoisotopic (exact) mass is 372 g/mol. The predicted molar refractivity (Wildman–Crippen MR) is 109 cm³/mol. The van der Waals surface area contributed by atoms with Gasteiger partial charge in [-0.15, -0.1) is 0 Å². The molecule has 1 aliphatic heterocycles. The van der Waals surface area contributed by atoms with E-state index < -0.39 is 0 Å². The number of aromatic nitrogens is 2. The quantitative estimate of drug-likeness (QED) is 0.768. The van der Waals surface area contributed by atoms with Gasteiger partial charge in [0, 0.05) is 31.9 Å². The SMILES string of the molecule is Cc1cc(CC(=O)N2CCN(C3c4ccccc4-c4ccccc43)CC2)n[nH]1. The van der Waals surface area contributed by atoms with Gasteiger partial charge in [-0.2, -0.15) is 5.10 Å². The van der Waals surface area contributed by atoms with Crippen molar-refractivity contribution in [3.05, 3.63) is 77.1 Å². The molecule has 0 atom stereocenters. The number of rotatable bonds is 3. The number of fused-ring (bicyclic) bond motifs is 3. The molecule has 1 saturated heterocycles. The third kappa shape index (κ3) is 2.92. The summed E-state index contributed by atoms with van der Waals surface area (Å²) in [5.41, 5.74) is 7.27. The fourth-order valence-corrected chi connectivity index (χ4v) is 4.58. The Morgan fingerprint density at radius 3 is 2.18 bits per heavy atom. The molecule has 2 aromatic carbocycles. The Bertz CT molecular complexity index is 971. The van der Waals surface area contributed by atoms with Crippen LogP contribution in [0.1, 0.15) is 28.6 Å². The Morgan fingerprint density at radius 1 is 1.00 bits per heavy atom. The Kier molecular flexibility index (Phi) is 4.24. The number of piperazine rings is 1. The van der Waals surface area contributed by atoms with Crippen molar-refractivity contribution in [2.75, 3.05) is 26.2 Å². The van der Waals surface area contributed by atoms with Crippen molar-refractivity contribution in [2.24, 2.45) is 0 Å². The molecule has 142 valence electrons. The molecule has 1 amide bonds. The number of aromatic amines is 1. The molecule has 0 unspecified atom stereocenters. The van der Waals surface area contributed by atoms with Gasteiger partial charge in [-0.25, -0.2) is 0 Å². The summed E-state index contributed by atoms with van der Waals surface area (Å²) < 4.78 is 0. The molecule has 1 fully saturated rings. The number of benzene rings is 2. The van der Waals surface area contributed by atoms with Crippen molar-refractivity contribution >= 4 is 5.91 Å². The maximum Gasteiger partial charge on any atom is 0.228 e. The van der Waals surface area contributed by atoms with Gasteiger partial charge >= 0.3 is 0 Å². The van der Waals surface area contributed by atoms with Crippen molar-refractivity contribution < 1.29 is 4.79 Å². The highest BCUT2D eigenvalue weighted by Crippen LogP contribution is 2.46. The Hall–Kier alpha value is -2.92. The van der Waals surface area contributed by atoms with E-state index in [2.05, 4.69) is 63.6 Å². The smallest absolute Gasteiger partial charge is 0.228 e. The van der Waals surface area contributed by atoms with Gasteiger partial charge in [0.25, 0.3) is 0 Å². The Balaban J connectivity index is 1.31. The van der Waals surface area contributed by atoms with Crippen LogP contribution in [0.3, 0.4) is 0 Å². The lowest BCUT2D eigenvalue weighted by Gasteiger charge is -2.38. The van der Waals surface area contributed by atoms with E-state index in [1.54, 1.807) is 0 Å². The Morgan fingerprint density at radius 2 is 1.61 bits per heavy atom. The van der Waals surface area contributed by atoms with Crippen LogP contribution in [0, 0.1) is 6.92 Å². The van der Waals surface area contributed by atoms with Crippen LogP contribution in [0.15, 0.2) is 54.6 Å².